The van der Waals surface area contributed by atoms with E-state index in [1.807, 2.05) is 0 Å². The van der Waals surface area contributed by atoms with E-state index in [2.05, 4.69) is 15.5 Å². The molecule has 1 heterocycles. The molecular formula is C14H21F3N4OS. The zero-order valence-electron chi connectivity index (χ0n) is 13.2. The lowest BCUT2D eigenvalue weighted by atomic mass is 9.89. The number of aromatic nitrogens is 3. The topological polar surface area (TPSA) is 59.8 Å². The van der Waals surface area contributed by atoms with Crippen molar-refractivity contribution in [1.29, 1.82) is 0 Å². The first-order valence-corrected chi connectivity index (χ1v) is 8.58. The van der Waals surface area contributed by atoms with Crippen molar-refractivity contribution in [2.75, 3.05) is 6.54 Å². The fourth-order valence-corrected chi connectivity index (χ4v) is 3.50. The van der Waals surface area contributed by atoms with Crippen LogP contribution in [0, 0.1) is 5.92 Å². The summed E-state index contributed by atoms with van der Waals surface area (Å²) >= 11 is 0.979. The van der Waals surface area contributed by atoms with Crippen molar-refractivity contribution in [2.24, 2.45) is 13.0 Å². The van der Waals surface area contributed by atoms with Gasteiger partial charge in [0.15, 0.2) is 5.16 Å². The number of nitrogens with zero attached hydrogens (tertiary/aromatic N) is 3. The highest BCUT2D eigenvalue weighted by atomic mass is 32.2. The van der Waals surface area contributed by atoms with Crippen molar-refractivity contribution >= 4 is 17.7 Å². The van der Waals surface area contributed by atoms with Crippen LogP contribution in [0.15, 0.2) is 5.16 Å². The van der Waals surface area contributed by atoms with E-state index in [0.29, 0.717) is 12.5 Å². The summed E-state index contributed by atoms with van der Waals surface area (Å²) < 4.78 is 38.9. The third-order valence-electron chi connectivity index (χ3n) is 4.03. The van der Waals surface area contributed by atoms with Gasteiger partial charge in [-0.05, 0) is 25.7 Å². The quantitative estimate of drug-likeness (QED) is 0.830. The molecule has 0 bridgehead atoms. The van der Waals surface area contributed by atoms with Gasteiger partial charge in [-0.15, -0.1) is 10.2 Å². The molecule has 130 valence electrons. The van der Waals surface area contributed by atoms with E-state index in [-0.39, 0.29) is 11.1 Å². The smallest absolute Gasteiger partial charge is 0.355 e. The van der Waals surface area contributed by atoms with Crippen molar-refractivity contribution < 1.29 is 18.0 Å². The van der Waals surface area contributed by atoms with Gasteiger partial charge in [-0.2, -0.15) is 13.2 Å². The van der Waals surface area contributed by atoms with E-state index in [4.69, 9.17) is 0 Å². The van der Waals surface area contributed by atoms with E-state index in [0.717, 1.165) is 29.2 Å². The second-order valence-corrected chi connectivity index (χ2v) is 7.18. The van der Waals surface area contributed by atoms with Gasteiger partial charge in [0.05, 0.1) is 5.25 Å². The van der Waals surface area contributed by atoms with Crippen LogP contribution >= 0.6 is 11.8 Å². The van der Waals surface area contributed by atoms with Crippen LogP contribution in [-0.4, -0.2) is 32.5 Å². The zero-order valence-corrected chi connectivity index (χ0v) is 14.0. The number of rotatable bonds is 5. The van der Waals surface area contributed by atoms with Crippen molar-refractivity contribution in [3.63, 3.8) is 0 Å². The lowest BCUT2D eigenvalue weighted by molar-refractivity contribution is -0.147. The molecule has 1 N–H and O–H groups in total. The summed E-state index contributed by atoms with van der Waals surface area (Å²) in [5.74, 6) is -0.733. The summed E-state index contributed by atoms with van der Waals surface area (Å²) in [6.07, 6.45) is 1.35. The van der Waals surface area contributed by atoms with Gasteiger partial charge >= 0.3 is 6.18 Å². The molecule has 2 rings (SSSR count). The Labute approximate surface area is 137 Å². The van der Waals surface area contributed by atoms with Gasteiger partial charge in [0.2, 0.25) is 11.7 Å². The van der Waals surface area contributed by atoms with Gasteiger partial charge in [-0.1, -0.05) is 31.0 Å². The van der Waals surface area contributed by atoms with E-state index in [1.165, 1.54) is 26.3 Å². The molecule has 1 saturated carbocycles. The molecule has 0 aliphatic heterocycles. The Hall–Kier alpha value is -1.25. The third-order valence-corrected chi connectivity index (χ3v) is 5.16. The lowest BCUT2D eigenvalue weighted by Crippen LogP contribution is -2.35. The molecule has 1 aromatic rings. The number of halogens is 3. The predicted octanol–water partition coefficient (Wildman–Crippen LogP) is 3.01. The van der Waals surface area contributed by atoms with Gasteiger partial charge in [-0.25, -0.2) is 0 Å². The minimum Gasteiger partial charge on any atom is -0.355 e. The molecule has 1 fully saturated rings. The van der Waals surface area contributed by atoms with E-state index < -0.39 is 17.3 Å². The van der Waals surface area contributed by atoms with Crippen LogP contribution in [0.5, 0.6) is 0 Å². The largest absolute Gasteiger partial charge is 0.451 e. The lowest BCUT2D eigenvalue weighted by Gasteiger charge is -2.22. The molecule has 1 atom stereocenters. The molecule has 1 amide bonds. The zero-order chi connectivity index (χ0) is 17.0. The number of alkyl halides is 3. The van der Waals surface area contributed by atoms with Crippen LogP contribution < -0.4 is 5.32 Å². The molecular weight excluding hydrogens is 329 g/mol. The number of hydrogen-bond donors (Lipinski definition) is 1. The molecule has 1 aromatic heterocycles. The molecule has 9 heteroatoms. The fraction of sp³-hybridized carbons (Fsp3) is 0.786. The molecule has 0 saturated heterocycles. The molecule has 1 aliphatic carbocycles. The maximum atomic E-state index is 12.7. The fourth-order valence-electron chi connectivity index (χ4n) is 2.66. The van der Waals surface area contributed by atoms with E-state index >= 15 is 0 Å². The summed E-state index contributed by atoms with van der Waals surface area (Å²) in [6.45, 7) is 2.29. The predicted molar refractivity (Wildman–Crippen MR) is 80.9 cm³/mol. The van der Waals surface area contributed by atoms with E-state index in [9.17, 15) is 18.0 Å². The molecule has 0 spiro atoms. The van der Waals surface area contributed by atoms with Crippen molar-refractivity contribution in [3.8, 4) is 0 Å². The van der Waals surface area contributed by atoms with Crippen molar-refractivity contribution in [3.05, 3.63) is 5.82 Å². The van der Waals surface area contributed by atoms with Crippen LogP contribution in [0.2, 0.25) is 0 Å². The van der Waals surface area contributed by atoms with Crippen molar-refractivity contribution in [2.45, 2.75) is 55.6 Å². The molecule has 0 aromatic carbocycles. The minimum absolute atomic E-state index is 0.0811. The molecule has 23 heavy (non-hydrogen) atoms. The minimum atomic E-state index is -4.55. The molecule has 0 radical (unpaired) electrons. The third kappa shape index (κ3) is 4.86. The van der Waals surface area contributed by atoms with E-state index in [1.54, 1.807) is 6.92 Å². The summed E-state index contributed by atoms with van der Waals surface area (Å²) in [4.78, 5) is 12.1. The molecule has 5 nitrogen and oxygen atoms in total. The van der Waals surface area contributed by atoms with Gasteiger partial charge in [0, 0.05) is 13.6 Å². The first kappa shape index (κ1) is 18.1. The number of thioether (sulfide) groups is 1. The van der Waals surface area contributed by atoms with Gasteiger partial charge in [0.1, 0.15) is 0 Å². The first-order valence-electron chi connectivity index (χ1n) is 7.70. The second-order valence-electron chi connectivity index (χ2n) is 5.87. The summed E-state index contributed by atoms with van der Waals surface area (Å²) in [7, 11) is 1.25. The maximum Gasteiger partial charge on any atom is 0.451 e. The van der Waals surface area contributed by atoms with Gasteiger partial charge in [0.25, 0.3) is 0 Å². The highest BCUT2D eigenvalue weighted by Crippen LogP contribution is 2.30. The maximum absolute atomic E-state index is 12.7. The van der Waals surface area contributed by atoms with Crippen LogP contribution in [-0.2, 0) is 18.0 Å². The van der Waals surface area contributed by atoms with Crippen LogP contribution in [0.4, 0.5) is 13.2 Å². The number of carbonyl (C=O) groups excluding carboxylic acids is 1. The van der Waals surface area contributed by atoms with Gasteiger partial charge in [-0.3, -0.25) is 4.79 Å². The Bertz CT molecular complexity index is 541. The van der Waals surface area contributed by atoms with Crippen LogP contribution in [0.1, 0.15) is 44.9 Å². The normalized spacial score (nSPS) is 18.0. The Morgan fingerprint density at radius 1 is 1.35 bits per heavy atom. The standard InChI is InChI=1S/C14H21F3N4OS/c1-9(11(22)18-8-10-6-4-3-5-7-10)23-13-20-19-12(21(13)2)14(15,16)17/h9-10H,3-8H2,1-2H3,(H,18,22)/t9-/m0/s1. The number of nitrogens with one attached hydrogen (secondary N) is 1. The Morgan fingerprint density at radius 2 is 2.00 bits per heavy atom. The number of hydrogen-bond acceptors (Lipinski definition) is 4. The monoisotopic (exact) mass is 350 g/mol. The SMILES string of the molecule is C[C@H](Sc1nnc(C(F)(F)F)n1C)C(=O)NCC1CCCCC1. The Kier molecular flexibility index (Phi) is 5.94. The average Bonchev–Trinajstić information content (AvgIpc) is 2.87. The number of amides is 1. The van der Waals surface area contributed by atoms with Crippen LogP contribution in [0.25, 0.3) is 0 Å². The van der Waals surface area contributed by atoms with Gasteiger partial charge < -0.3 is 9.88 Å². The van der Waals surface area contributed by atoms with Crippen molar-refractivity contribution in [1.82, 2.24) is 20.1 Å². The number of carbonyl (C=O) groups is 1. The summed E-state index contributed by atoms with van der Waals surface area (Å²) in [6, 6.07) is 0. The highest BCUT2D eigenvalue weighted by Gasteiger charge is 2.37. The molecule has 1 aliphatic rings. The second kappa shape index (κ2) is 7.55. The highest BCUT2D eigenvalue weighted by molar-refractivity contribution is 8.00. The Balaban J connectivity index is 1.87. The summed E-state index contributed by atoms with van der Waals surface area (Å²) in [5.41, 5.74) is 0. The average molecular weight is 350 g/mol. The molecule has 0 unspecified atom stereocenters. The van der Waals surface area contributed by atoms with Crippen LogP contribution in [0.3, 0.4) is 0 Å². The summed E-state index contributed by atoms with van der Waals surface area (Å²) in [5, 5.41) is 9.13. The first-order chi connectivity index (χ1) is 10.8. The Morgan fingerprint density at radius 3 is 2.57 bits per heavy atom.